The van der Waals surface area contributed by atoms with Crippen LogP contribution in [0.5, 0.6) is 0 Å². The van der Waals surface area contributed by atoms with Crippen LogP contribution in [0.15, 0.2) is 12.4 Å². The highest BCUT2D eigenvalue weighted by atomic mass is 16.5. The molecule has 0 unspecified atom stereocenters. The van der Waals surface area contributed by atoms with E-state index in [-0.39, 0.29) is 6.03 Å². The van der Waals surface area contributed by atoms with Crippen molar-refractivity contribution in [3.05, 3.63) is 12.4 Å². The first-order chi connectivity index (χ1) is 8.83. The normalized spacial score (nSPS) is 20.9. The fourth-order valence-corrected chi connectivity index (χ4v) is 2.39. The zero-order chi connectivity index (χ0) is 12.4. The summed E-state index contributed by atoms with van der Waals surface area (Å²) in [6, 6.07) is 0.146. The highest BCUT2D eigenvalue weighted by molar-refractivity contribution is 5.75. The monoisotopic (exact) mass is 251 g/mol. The molecule has 3 rings (SSSR count). The van der Waals surface area contributed by atoms with E-state index in [9.17, 15) is 4.79 Å². The van der Waals surface area contributed by atoms with Gasteiger partial charge in [-0.2, -0.15) is 0 Å². The largest absolute Gasteiger partial charge is 0.378 e. The van der Waals surface area contributed by atoms with E-state index in [0.29, 0.717) is 32.2 Å². The summed E-state index contributed by atoms with van der Waals surface area (Å²) in [4.78, 5) is 15.9. The number of aromatic nitrogens is 3. The van der Waals surface area contributed by atoms with Gasteiger partial charge in [0.25, 0.3) is 0 Å². The van der Waals surface area contributed by atoms with E-state index in [4.69, 9.17) is 4.74 Å². The molecule has 1 aromatic rings. The highest BCUT2D eigenvalue weighted by Crippen LogP contribution is 2.19. The molecule has 3 heterocycles. The number of ether oxygens (including phenoxy) is 1. The number of nitrogens with zero attached hydrogens (tertiary/aromatic N) is 5. The van der Waals surface area contributed by atoms with Gasteiger partial charge in [0, 0.05) is 44.8 Å². The van der Waals surface area contributed by atoms with Crippen molar-refractivity contribution in [3.8, 4) is 0 Å². The number of morpholine rings is 1. The maximum Gasteiger partial charge on any atom is 0.320 e. The predicted octanol–water partition coefficient (Wildman–Crippen LogP) is -0.338. The molecule has 2 fully saturated rings. The summed E-state index contributed by atoms with van der Waals surface area (Å²) < 4.78 is 7.06. The summed E-state index contributed by atoms with van der Waals surface area (Å²) in [5.41, 5.74) is 0. The highest BCUT2D eigenvalue weighted by Gasteiger charge is 2.33. The average Bonchev–Trinajstić information content (AvgIpc) is 2.86. The number of carbonyl (C=O) groups excluding carboxylic acids is 1. The first-order valence-electron chi connectivity index (χ1n) is 6.28. The minimum atomic E-state index is 0.146. The molecule has 2 aliphatic heterocycles. The summed E-state index contributed by atoms with van der Waals surface area (Å²) in [7, 11) is 0. The van der Waals surface area contributed by atoms with Gasteiger partial charge in [-0.3, -0.25) is 4.68 Å². The molecule has 0 radical (unpaired) electrons. The molecule has 7 heteroatoms. The third kappa shape index (κ3) is 2.31. The second-order valence-corrected chi connectivity index (χ2v) is 4.78. The summed E-state index contributed by atoms with van der Waals surface area (Å²) in [6.07, 6.45) is 3.53. The molecule has 2 saturated heterocycles. The number of likely N-dealkylation sites (tertiary alicyclic amines) is 1. The van der Waals surface area contributed by atoms with Gasteiger partial charge < -0.3 is 14.5 Å². The van der Waals surface area contributed by atoms with Gasteiger partial charge >= 0.3 is 6.03 Å². The summed E-state index contributed by atoms with van der Waals surface area (Å²) in [6.45, 7) is 5.20. The zero-order valence-corrected chi connectivity index (χ0v) is 10.2. The molecule has 1 aromatic heterocycles. The Hall–Kier alpha value is -1.63. The predicted molar refractivity (Wildman–Crippen MR) is 62.9 cm³/mol. The lowest BCUT2D eigenvalue weighted by Gasteiger charge is -2.42. The second-order valence-electron chi connectivity index (χ2n) is 4.78. The SMILES string of the molecule is O=C(N1CCOCC1)N1CC(Cn2ccnn2)C1. The van der Waals surface area contributed by atoms with Gasteiger partial charge in [-0.25, -0.2) is 4.79 Å². The standard InChI is InChI=1S/C11H17N5O2/c17-11(14-3-5-18-6-4-14)15-7-10(8-15)9-16-2-1-12-13-16/h1-2,10H,3-9H2. The van der Waals surface area contributed by atoms with E-state index in [2.05, 4.69) is 10.3 Å². The maximum atomic E-state index is 12.1. The topological polar surface area (TPSA) is 63.5 Å². The van der Waals surface area contributed by atoms with Gasteiger partial charge in [-0.05, 0) is 0 Å². The maximum absolute atomic E-state index is 12.1. The van der Waals surface area contributed by atoms with Crippen molar-refractivity contribution >= 4 is 6.03 Å². The number of amides is 2. The average molecular weight is 251 g/mol. The molecule has 2 aliphatic rings. The van der Waals surface area contributed by atoms with E-state index < -0.39 is 0 Å². The quantitative estimate of drug-likeness (QED) is 0.721. The Labute approximate surface area is 105 Å². The molecular formula is C11H17N5O2. The Morgan fingerprint density at radius 2 is 2.06 bits per heavy atom. The molecule has 7 nitrogen and oxygen atoms in total. The number of rotatable bonds is 2. The molecule has 0 atom stereocenters. The Morgan fingerprint density at radius 1 is 1.28 bits per heavy atom. The van der Waals surface area contributed by atoms with Crippen LogP contribution in [0.2, 0.25) is 0 Å². The third-order valence-corrected chi connectivity index (χ3v) is 3.43. The van der Waals surface area contributed by atoms with E-state index in [1.54, 1.807) is 6.20 Å². The van der Waals surface area contributed by atoms with E-state index in [1.165, 1.54) is 0 Å². The molecule has 0 bridgehead atoms. The van der Waals surface area contributed by atoms with E-state index in [1.807, 2.05) is 20.7 Å². The van der Waals surface area contributed by atoms with Crippen LogP contribution in [0.4, 0.5) is 4.79 Å². The number of urea groups is 1. The smallest absolute Gasteiger partial charge is 0.320 e. The van der Waals surface area contributed by atoms with Crippen LogP contribution in [0, 0.1) is 5.92 Å². The first-order valence-corrected chi connectivity index (χ1v) is 6.28. The van der Waals surface area contributed by atoms with Gasteiger partial charge in [0.15, 0.2) is 0 Å². The Bertz CT molecular complexity index is 396. The fraction of sp³-hybridized carbons (Fsp3) is 0.727. The summed E-state index contributed by atoms with van der Waals surface area (Å²) in [5, 5.41) is 7.71. The second kappa shape index (κ2) is 4.93. The number of hydrogen-bond donors (Lipinski definition) is 0. The molecule has 98 valence electrons. The van der Waals surface area contributed by atoms with Crippen molar-refractivity contribution in [2.45, 2.75) is 6.54 Å². The van der Waals surface area contributed by atoms with Crippen LogP contribution >= 0.6 is 0 Å². The third-order valence-electron chi connectivity index (χ3n) is 3.43. The van der Waals surface area contributed by atoms with Crippen LogP contribution in [0.1, 0.15) is 0 Å². The summed E-state index contributed by atoms with van der Waals surface area (Å²) >= 11 is 0. The van der Waals surface area contributed by atoms with Gasteiger partial charge in [0.05, 0.1) is 19.4 Å². The fourth-order valence-electron chi connectivity index (χ4n) is 2.39. The molecule has 0 aromatic carbocycles. The first kappa shape index (κ1) is 11.5. The van der Waals surface area contributed by atoms with Crippen LogP contribution in [-0.2, 0) is 11.3 Å². The molecule has 0 aliphatic carbocycles. The van der Waals surface area contributed by atoms with Crippen LogP contribution in [-0.4, -0.2) is 70.2 Å². The molecule has 0 N–H and O–H groups in total. The van der Waals surface area contributed by atoms with Crippen molar-refractivity contribution < 1.29 is 9.53 Å². The minimum Gasteiger partial charge on any atom is -0.378 e. The van der Waals surface area contributed by atoms with Crippen molar-refractivity contribution in [3.63, 3.8) is 0 Å². The molecule has 2 amide bonds. The van der Waals surface area contributed by atoms with Gasteiger partial charge in [0.2, 0.25) is 0 Å². The van der Waals surface area contributed by atoms with Crippen molar-refractivity contribution in [2.75, 3.05) is 39.4 Å². The van der Waals surface area contributed by atoms with Gasteiger partial charge in [0.1, 0.15) is 0 Å². The van der Waals surface area contributed by atoms with Crippen LogP contribution in [0.25, 0.3) is 0 Å². The Balaban J connectivity index is 1.45. The van der Waals surface area contributed by atoms with E-state index in [0.717, 1.165) is 19.6 Å². The van der Waals surface area contributed by atoms with E-state index >= 15 is 0 Å². The van der Waals surface area contributed by atoms with Gasteiger partial charge in [-0.15, -0.1) is 5.10 Å². The number of carbonyl (C=O) groups is 1. The molecule has 18 heavy (non-hydrogen) atoms. The molecule has 0 saturated carbocycles. The van der Waals surface area contributed by atoms with Crippen molar-refractivity contribution in [1.82, 2.24) is 24.8 Å². The Kier molecular flexibility index (Phi) is 3.14. The van der Waals surface area contributed by atoms with Gasteiger partial charge in [-0.1, -0.05) is 5.21 Å². The van der Waals surface area contributed by atoms with Crippen LogP contribution in [0.3, 0.4) is 0 Å². The van der Waals surface area contributed by atoms with Crippen LogP contribution < -0.4 is 0 Å². The Morgan fingerprint density at radius 3 is 2.72 bits per heavy atom. The number of hydrogen-bond acceptors (Lipinski definition) is 4. The lowest BCUT2D eigenvalue weighted by atomic mass is 10.0. The summed E-state index contributed by atoms with van der Waals surface area (Å²) in [5.74, 6) is 0.497. The molecular weight excluding hydrogens is 234 g/mol. The lowest BCUT2D eigenvalue weighted by Crippen LogP contribution is -2.57. The molecule has 0 spiro atoms. The van der Waals surface area contributed by atoms with Crippen molar-refractivity contribution in [1.29, 1.82) is 0 Å². The minimum absolute atomic E-state index is 0.146. The van der Waals surface area contributed by atoms with Crippen molar-refractivity contribution in [2.24, 2.45) is 5.92 Å². The lowest BCUT2D eigenvalue weighted by molar-refractivity contribution is 0.0265. The zero-order valence-electron chi connectivity index (χ0n) is 10.2.